The van der Waals surface area contributed by atoms with Gasteiger partial charge in [0, 0.05) is 18.7 Å². The van der Waals surface area contributed by atoms with Crippen LogP contribution >= 0.6 is 0 Å². The minimum absolute atomic E-state index is 0.0223. The van der Waals surface area contributed by atoms with Crippen LogP contribution in [0.2, 0.25) is 0 Å². The highest BCUT2D eigenvalue weighted by atomic mass is 19.1. The van der Waals surface area contributed by atoms with Crippen molar-refractivity contribution >= 4 is 11.8 Å². The summed E-state index contributed by atoms with van der Waals surface area (Å²) in [7, 11) is 0. The number of carbonyl (C=O) groups excluding carboxylic acids is 2. The second-order valence-electron chi connectivity index (χ2n) is 5.33. The fourth-order valence-corrected chi connectivity index (χ4v) is 2.99. The van der Waals surface area contributed by atoms with Gasteiger partial charge in [-0.15, -0.1) is 0 Å². The summed E-state index contributed by atoms with van der Waals surface area (Å²) in [5.74, 6) is -0.836. The maximum atomic E-state index is 14.1. The molecule has 1 unspecified atom stereocenters. The van der Waals surface area contributed by atoms with E-state index in [9.17, 15) is 14.0 Å². The number of hydrogen-bond acceptors (Lipinski definition) is 3. The van der Waals surface area contributed by atoms with Crippen molar-refractivity contribution in [2.45, 2.75) is 25.4 Å². The van der Waals surface area contributed by atoms with Gasteiger partial charge in [-0.3, -0.25) is 9.59 Å². The normalized spacial score (nSPS) is 21.4. The number of amides is 2. The molecular weight excluding hydrogens is 273 g/mol. The lowest BCUT2D eigenvalue weighted by Gasteiger charge is -2.36. The van der Waals surface area contributed by atoms with Gasteiger partial charge in [0.15, 0.2) is 0 Å². The standard InChI is InChI=1S/C15H14FN3O2/c16-14-10(7-17)3-1-4-11(14)8-18-9-13(20)19-6-2-5-12(19)15(18)21/h1,3-4,12H,2,5-6,8-9H2. The van der Waals surface area contributed by atoms with Crippen LogP contribution in [0.5, 0.6) is 0 Å². The molecule has 6 heteroatoms. The van der Waals surface area contributed by atoms with E-state index in [2.05, 4.69) is 0 Å². The molecule has 2 saturated heterocycles. The van der Waals surface area contributed by atoms with Crippen LogP contribution in [0.25, 0.3) is 0 Å². The second kappa shape index (κ2) is 5.17. The summed E-state index contributed by atoms with van der Waals surface area (Å²) >= 11 is 0. The second-order valence-corrected chi connectivity index (χ2v) is 5.33. The minimum Gasteiger partial charge on any atom is -0.329 e. The summed E-state index contributed by atoms with van der Waals surface area (Å²) in [6, 6.07) is 5.89. The summed E-state index contributed by atoms with van der Waals surface area (Å²) in [5, 5.41) is 8.83. The number of carbonyl (C=O) groups is 2. The van der Waals surface area contributed by atoms with E-state index < -0.39 is 11.9 Å². The van der Waals surface area contributed by atoms with Gasteiger partial charge in [-0.1, -0.05) is 12.1 Å². The molecule has 1 aromatic rings. The highest BCUT2D eigenvalue weighted by Crippen LogP contribution is 2.25. The first kappa shape index (κ1) is 13.6. The SMILES string of the molecule is N#Cc1cccc(CN2CC(=O)N3CCCC3C2=O)c1F. The van der Waals surface area contributed by atoms with Gasteiger partial charge in [0.1, 0.15) is 24.5 Å². The molecule has 2 aliphatic rings. The Morgan fingerprint density at radius 2 is 2.19 bits per heavy atom. The van der Waals surface area contributed by atoms with Crippen LogP contribution in [-0.4, -0.2) is 40.7 Å². The quantitative estimate of drug-likeness (QED) is 0.816. The molecule has 2 amide bonds. The van der Waals surface area contributed by atoms with Crippen molar-refractivity contribution in [1.29, 1.82) is 5.26 Å². The van der Waals surface area contributed by atoms with Gasteiger partial charge in [0.25, 0.3) is 0 Å². The van der Waals surface area contributed by atoms with Crippen molar-refractivity contribution in [1.82, 2.24) is 9.80 Å². The Labute approximate surface area is 121 Å². The van der Waals surface area contributed by atoms with E-state index in [0.717, 1.165) is 6.42 Å². The highest BCUT2D eigenvalue weighted by molar-refractivity contribution is 5.95. The molecule has 0 aliphatic carbocycles. The first-order valence-corrected chi connectivity index (χ1v) is 6.87. The maximum absolute atomic E-state index is 14.1. The largest absolute Gasteiger partial charge is 0.329 e. The third-order valence-electron chi connectivity index (χ3n) is 4.06. The summed E-state index contributed by atoms with van der Waals surface area (Å²) in [6.07, 6.45) is 1.50. The third kappa shape index (κ3) is 2.25. The molecule has 108 valence electrons. The van der Waals surface area contributed by atoms with Gasteiger partial charge >= 0.3 is 0 Å². The Hall–Kier alpha value is -2.42. The van der Waals surface area contributed by atoms with Crippen molar-refractivity contribution in [3.63, 3.8) is 0 Å². The van der Waals surface area contributed by atoms with E-state index in [0.29, 0.717) is 13.0 Å². The Bertz CT molecular complexity index is 653. The third-order valence-corrected chi connectivity index (χ3v) is 4.06. The lowest BCUT2D eigenvalue weighted by molar-refractivity contribution is -0.154. The Kier molecular flexibility index (Phi) is 3.34. The van der Waals surface area contributed by atoms with Crippen LogP contribution in [0, 0.1) is 17.1 Å². The molecule has 0 saturated carbocycles. The first-order chi connectivity index (χ1) is 10.1. The average Bonchev–Trinajstić information content (AvgIpc) is 2.97. The van der Waals surface area contributed by atoms with Crippen molar-refractivity contribution in [2.75, 3.05) is 13.1 Å². The zero-order valence-electron chi connectivity index (χ0n) is 11.4. The van der Waals surface area contributed by atoms with E-state index in [1.54, 1.807) is 17.0 Å². The van der Waals surface area contributed by atoms with Crippen LogP contribution < -0.4 is 0 Å². The van der Waals surface area contributed by atoms with E-state index in [1.165, 1.54) is 17.0 Å². The van der Waals surface area contributed by atoms with Crippen molar-refractivity contribution in [3.05, 3.63) is 35.1 Å². The fourth-order valence-electron chi connectivity index (χ4n) is 2.99. The van der Waals surface area contributed by atoms with Gasteiger partial charge < -0.3 is 9.80 Å². The maximum Gasteiger partial charge on any atom is 0.246 e. The number of nitriles is 1. The highest BCUT2D eigenvalue weighted by Gasteiger charge is 2.41. The molecule has 3 rings (SSSR count). The van der Waals surface area contributed by atoms with E-state index in [-0.39, 0.29) is 36.0 Å². The van der Waals surface area contributed by atoms with E-state index >= 15 is 0 Å². The van der Waals surface area contributed by atoms with Gasteiger partial charge in [-0.2, -0.15) is 5.26 Å². The van der Waals surface area contributed by atoms with Crippen molar-refractivity contribution < 1.29 is 14.0 Å². The molecule has 2 fully saturated rings. The number of rotatable bonds is 2. The summed E-state index contributed by atoms with van der Waals surface area (Å²) < 4.78 is 14.1. The Morgan fingerprint density at radius 3 is 2.95 bits per heavy atom. The molecule has 2 heterocycles. The van der Waals surface area contributed by atoms with Gasteiger partial charge in [0.2, 0.25) is 11.8 Å². The minimum atomic E-state index is -0.617. The number of fused-ring (bicyclic) bond motifs is 1. The smallest absolute Gasteiger partial charge is 0.246 e. The van der Waals surface area contributed by atoms with E-state index in [1.807, 2.05) is 0 Å². The molecule has 1 aromatic carbocycles. The first-order valence-electron chi connectivity index (χ1n) is 6.87. The summed E-state index contributed by atoms with van der Waals surface area (Å²) in [5.41, 5.74) is 0.215. The number of nitrogens with zero attached hydrogens (tertiary/aromatic N) is 3. The number of piperazine rings is 1. The van der Waals surface area contributed by atoms with Gasteiger partial charge in [-0.05, 0) is 18.9 Å². The van der Waals surface area contributed by atoms with Crippen molar-refractivity contribution in [3.8, 4) is 6.07 Å². The van der Waals surface area contributed by atoms with Crippen LogP contribution in [0.1, 0.15) is 24.0 Å². The number of halogens is 1. The Morgan fingerprint density at radius 1 is 1.38 bits per heavy atom. The van der Waals surface area contributed by atoms with Crippen LogP contribution in [-0.2, 0) is 16.1 Å². The molecule has 1 atom stereocenters. The zero-order valence-corrected chi connectivity index (χ0v) is 11.4. The zero-order chi connectivity index (χ0) is 15.0. The predicted octanol–water partition coefficient (Wildman–Crippen LogP) is 1.03. The number of hydrogen-bond donors (Lipinski definition) is 0. The Balaban J connectivity index is 1.84. The molecule has 0 N–H and O–H groups in total. The number of benzene rings is 1. The predicted molar refractivity (Wildman–Crippen MR) is 71.3 cm³/mol. The van der Waals surface area contributed by atoms with Crippen LogP contribution in [0.3, 0.4) is 0 Å². The molecule has 5 nitrogen and oxygen atoms in total. The lowest BCUT2D eigenvalue weighted by atomic mass is 10.1. The van der Waals surface area contributed by atoms with Crippen LogP contribution in [0.4, 0.5) is 4.39 Å². The molecule has 2 aliphatic heterocycles. The molecular formula is C15H14FN3O2. The van der Waals surface area contributed by atoms with Crippen molar-refractivity contribution in [2.24, 2.45) is 0 Å². The monoisotopic (exact) mass is 287 g/mol. The van der Waals surface area contributed by atoms with Gasteiger partial charge in [-0.25, -0.2) is 4.39 Å². The summed E-state index contributed by atoms with van der Waals surface area (Å²) in [6.45, 7) is 0.628. The molecule has 0 aromatic heterocycles. The molecule has 0 bridgehead atoms. The fraction of sp³-hybridized carbons (Fsp3) is 0.400. The van der Waals surface area contributed by atoms with Crippen LogP contribution in [0.15, 0.2) is 18.2 Å². The van der Waals surface area contributed by atoms with E-state index in [4.69, 9.17) is 5.26 Å². The molecule has 0 spiro atoms. The molecule has 0 radical (unpaired) electrons. The summed E-state index contributed by atoms with van der Waals surface area (Å²) in [4.78, 5) is 27.4. The average molecular weight is 287 g/mol. The molecule has 21 heavy (non-hydrogen) atoms. The lowest BCUT2D eigenvalue weighted by Crippen LogP contribution is -2.56. The van der Waals surface area contributed by atoms with Gasteiger partial charge in [0.05, 0.1) is 5.56 Å². The topological polar surface area (TPSA) is 64.4 Å².